The zero-order valence-corrected chi connectivity index (χ0v) is 13.8. The molecule has 3 nitrogen and oxygen atoms in total. The first kappa shape index (κ1) is 15.6. The molecule has 110 valence electrons. The highest BCUT2D eigenvalue weighted by Crippen LogP contribution is 2.29. The van der Waals surface area contributed by atoms with Crippen molar-refractivity contribution in [3.63, 3.8) is 0 Å². The lowest BCUT2D eigenvalue weighted by atomic mass is 9.95. The van der Waals surface area contributed by atoms with Crippen LogP contribution in [-0.2, 0) is 4.79 Å². The summed E-state index contributed by atoms with van der Waals surface area (Å²) in [5.74, 6) is -0.200. The monoisotopic (exact) mass is 346 g/mol. The van der Waals surface area contributed by atoms with Gasteiger partial charge in [-0.05, 0) is 36.6 Å². The minimum Gasteiger partial charge on any atom is -0.397 e. The summed E-state index contributed by atoms with van der Waals surface area (Å²) in [7, 11) is 0. The maximum atomic E-state index is 12.6. The normalized spacial score (nSPS) is 12.0. The number of hydrogen-bond acceptors (Lipinski definition) is 2. The van der Waals surface area contributed by atoms with Gasteiger partial charge in [0.1, 0.15) is 0 Å². The Morgan fingerprint density at radius 1 is 1.29 bits per heavy atom. The van der Waals surface area contributed by atoms with Gasteiger partial charge in [0.2, 0.25) is 5.91 Å². The van der Waals surface area contributed by atoms with Crippen LogP contribution in [0.15, 0.2) is 46.9 Å². The zero-order chi connectivity index (χ0) is 15.4. The first-order chi connectivity index (χ1) is 10.0. The summed E-state index contributed by atoms with van der Waals surface area (Å²) < 4.78 is 0.908. The van der Waals surface area contributed by atoms with Crippen molar-refractivity contribution in [3.8, 4) is 0 Å². The van der Waals surface area contributed by atoms with Gasteiger partial charge in [-0.15, -0.1) is 0 Å². The van der Waals surface area contributed by atoms with Crippen molar-refractivity contribution in [1.29, 1.82) is 0 Å². The second kappa shape index (κ2) is 6.76. The van der Waals surface area contributed by atoms with Crippen molar-refractivity contribution in [2.24, 2.45) is 0 Å². The molecule has 2 rings (SSSR count). The SMILES string of the molecule is CCC(C(=O)Nc1c(C)cc(Br)cc1N)c1ccccc1. The van der Waals surface area contributed by atoms with Crippen LogP contribution in [0.4, 0.5) is 11.4 Å². The highest BCUT2D eigenvalue weighted by Gasteiger charge is 2.20. The predicted octanol–water partition coefficient (Wildman–Crippen LogP) is 4.47. The zero-order valence-electron chi connectivity index (χ0n) is 12.2. The number of hydrogen-bond donors (Lipinski definition) is 2. The van der Waals surface area contributed by atoms with E-state index in [0.29, 0.717) is 11.4 Å². The number of anilines is 2. The summed E-state index contributed by atoms with van der Waals surface area (Å²) in [5.41, 5.74) is 9.23. The Balaban J connectivity index is 2.25. The van der Waals surface area contributed by atoms with Crippen molar-refractivity contribution in [2.45, 2.75) is 26.2 Å². The lowest BCUT2D eigenvalue weighted by molar-refractivity contribution is -0.117. The van der Waals surface area contributed by atoms with Crippen molar-refractivity contribution in [3.05, 3.63) is 58.1 Å². The third-order valence-electron chi connectivity index (χ3n) is 3.51. The Hall–Kier alpha value is -1.81. The van der Waals surface area contributed by atoms with Gasteiger partial charge in [-0.3, -0.25) is 4.79 Å². The van der Waals surface area contributed by atoms with Crippen molar-refractivity contribution >= 4 is 33.2 Å². The molecule has 0 radical (unpaired) electrons. The molecule has 1 atom stereocenters. The maximum absolute atomic E-state index is 12.6. The van der Waals surface area contributed by atoms with Gasteiger partial charge in [0.15, 0.2) is 0 Å². The van der Waals surface area contributed by atoms with Gasteiger partial charge >= 0.3 is 0 Å². The fraction of sp³-hybridized carbons (Fsp3) is 0.235. The Morgan fingerprint density at radius 2 is 1.95 bits per heavy atom. The average Bonchev–Trinajstić information content (AvgIpc) is 2.45. The van der Waals surface area contributed by atoms with E-state index in [1.54, 1.807) is 6.07 Å². The molecular weight excluding hydrogens is 328 g/mol. The van der Waals surface area contributed by atoms with Gasteiger partial charge in [-0.2, -0.15) is 0 Å². The van der Waals surface area contributed by atoms with Gasteiger partial charge in [0.05, 0.1) is 17.3 Å². The number of carbonyl (C=O) groups is 1. The van der Waals surface area contributed by atoms with Crippen LogP contribution in [0.3, 0.4) is 0 Å². The fourth-order valence-corrected chi connectivity index (χ4v) is 3.00. The fourth-order valence-electron chi connectivity index (χ4n) is 2.41. The summed E-state index contributed by atoms with van der Waals surface area (Å²) in [5, 5.41) is 2.97. The number of nitrogens with two attached hydrogens (primary N) is 1. The van der Waals surface area contributed by atoms with Crippen molar-refractivity contribution < 1.29 is 4.79 Å². The first-order valence-corrected chi connectivity index (χ1v) is 7.73. The smallest absolute Gasteiger partial charge is 0.231 e. The summed E-state index contributed by atoms with van der Waals surface area (Å²) in [6.07, 6.45) is 0.741. The van der Waals surface area contributed by atoms with E-state index in [4.69, 9.17) is 5.73 Å². The van der Waals surface area contributed by atoms with E-state index in [-0.39, 0.29) is 11.8 Å². The second-order valence-electron chi connectivity index (χ2n) is 5.05. The minimum atomic E-state index is -0.173. The van der Waals surface area contributed by atoms with Crippen molar-refractivity contribution in [1.82, 2.24) is 0 Å². The number of nitrogen functional groups attached to an aromatic ring is 1. The number of halogens is 1. The third kappa shape index (κ3) is 3.64. The lowest BCUT2D eigenvalue weighted by Gasteiger charge is -2.18. The number of amides is 1. The second-order valence-corrected chi connectivity index (χ2v) is 5.96. The van der Waals surface area contributed by atoms with Gasteiger partial charge < -0.3 is 11.1 Å². The molecule has 0 aliphatic carbocycles. The number of rotatable bonds is 4. The van der Waals surface area contributed by atoms with Crippen LogP contribution < -0.4 is 11.1 Å². The lowest BCUT2D eigenvalue weighted by Crippen LogP contribution is -2.21. The van der Waals surface area contributed by atoms with Crippen LogP contribution in [0.25, 0.3) is 0 Å². The summed E-state index contributed by atoms with van der Waals surface area (Å²) in [6, 6.07) is 13.5. The molecule has 4 heteroatoms. The number of benzene rings is 2. The maximum Gasteiger partial charge on any atom is 0.231 e. The topological polar surface area (TPSA) is 55.1 Å². The molecule has 0 saturated carbocycles. The van der Waals surface area contributed by atoms with E-state index in [0.717, 1.165) is 22.0 Å². The van der Waals surface area contributed by atoms with Crippen LogP contribution in [-0.4, -0.2) is 5.91 Å². The molecule has 3 N–H and O–H groups in total. The summed E-state index contributed by atoms with van der Waals surface area (Å²) in [6.45, 7) is 3.94. The molecule has 0 spiro atoms. The standard InChI is InChI=1S/C17H19BrN2O/c1-3-14(12-7-5-4-6-8-12)17(21)20-16-11(2)9-13(18)10-15(16)19/h4-10,14H,3,19H2,1-2H3,(H,20,21). The highest BCUT2D eigenvalue weighted by atomic mass is 79.9. The van der Waals surface area contributed by atoms with Gasteiger partial charge in [-0.1, -0.05) is 53.2 Å². The largest absolute Gasteiger partial charge is 0.397 e. The van der Waals surface area contributed by atoms with E-state index >= 15 is 0 Å². The van der Waals surface area contributed by atoms with E-state index in [9.17, 15) is 4.79 Å². The Bertz CT molecular complexity index is 617. The van der Waals surface area contributed by atoms with E-state index in [1.807, 2.05) is 50.2 Å². The molecule has 0 bridgehead atoms. The van der Waals surface area contributed by atoms with Crippen LogP contribution in [0.5, 0.6) is 0 Å². The van der Waals surface area contributed by atoms with Gasteiger partial charge in [-0.25, -0.2) is 0 Å². The van der Waals surface area contributed by atoms with E-state index < -0.39 is 0 Å². The van der Waals surface area contributed by atoms with Gasteiger partial charge in [0, 0.05) is 4.47 Å². The van der Waals surface area contributed by atoms with Crippen LogP contribution in [0.2, 0.25) is 0 Å². The molecule has 0 fully saturated rings. The van der Waals surface area contributed by atoms with E-state index in [2.05, 4.69) is 21.2 Å². The van der Waals surface area contributed by atoms with Crippen LogP contribution in [0, 0.1) is 6.92 Å². The molecular formula is C17H19BrN2O. The third-order valence-corrected chi connectivity index (χ3v) is 3.96. The Morgan fingerprint density at radius 3 is 2.52 bits per heavy atom. The molecule has 0 aliphatic rings. The highest BCUT2D eigenvalue weighted by molar-refractivity contribution is 9.10. The van der Waals surface area contributed by atoms with Gasteiger partial charge in [0.25, 0.3) is 0 Å². The molecule has 0 aromatic heterocycles. The quantitative estimate of drug-likeness (QED) is 0.802. The van der Waals surface area contributed by atoms with E-state index in [1.165, 1.54) is 0 Å². The molecule has 2 aromatic carbocycles. The molecule has 0 aliphatic heterocycles. The molecule has 0 saturated heterocycles. The van der Waals surface area contributed by atoms with Crippen molar-refractivity contribution in [2.75, 3.05) is 11.1 Å². The predicted molar refractivity (Wildman–Crippen MR) is 91.4 cm³/mol. The van der Waals surface area contributed by atoms with Crippen LogP contribution in [0.1, 0.15) is 30.4 Å². The number of carbonyl (C=O) groups excluding carboxylic acids is 1. The summed E-state index contributed by atoms with van der Waals surface area (Å²) >= 11 is 3.40. The molecule has 1 amide bonds. The molecule has 0 heterocycles. The Labute approximate surface area is 133 Å². The minimum absolute atomic E-state index is 0.0270. The molecule has 21 heavy (non-hydrogen) atoms. The first-order valence-electron chi connectivity index (χ1n) is 6.94. The number of nitrogens with one attached hydrogen (secondary N) is 1. The van der Waals surface area contributed by atoms with Crippen LogP contribution >= 0.6 is 15.9 Å². The average molecular weight is 347 g/mol. The Kier molecular flexibility index (Phi) is 5.02. The number of aryl methyl sites for hydroxylation is 1. The summed E-state index contributed by atoms with van der Waals surface area (Å²) in [4.78, 5) is 12.6. The molecule has 2 aromatic rings. The molecule has 1 unspecified atom stereocenters.